The van der Waals surface area contributed by atoms with Gasteiger partial charge >= 0.3 is 6.36 Å². The van der Waals surface area contributed by atoms with Crippen molar-refractivity contribution in [3.8, 4) is 5.75 Å². The summed E-state index contributed by atoms with van der Waals surface area (Å²) >= 11 is 0. The van der Waals surface area contributed by atoms with Crippen molar-refractivity contribution in [1.29, 1.82) is 0 Å². The zero-order valence-corrected chi connectivity index (χ0v) is 14.4. The van der Waals surface area contributed by atoms with Crippen molar-refractivity contribution in [2.24, 2.45) is 0 Å². The van der Waals surface area contributed by atoms with Crippen LogP contribution in [-0.4, -0.2) is 26.6 Å². The molecule has 148 valence electrons. The molecule has 4 rings (SSSR count). The molecular weight excluding hydrogens is 391 g/mol. The Balaban J connectivity index is 1.61. The quantitative estimate of drug-likeness (QED) is 0.410. The Hall–Kier alpha value is -4.09. The zero-order chi connectivity index (χ0) is 20.3. The van der Waals surface area contributed by atoms with E-state index in [1.54, 1.807) is 6.07 Å². The molecule has 0 saturated carbocycles. The number of nitrogens with zero attached hydrogens (tertiary/aromatic N) is 4. The van der Waals surface area contributed by atoms with Crippen LogP contribution in [0.4, 0.5) is 36.2 Å². The molecule has 2 aromatic heterocycles. The Kier molecular flexibility index (Phi) is 4.73. The minimum atomic E-state index is -4.80. The lowest BCUT2D eigenvalue weighted by Gasteiger charge is -2.14. The molecule has 0 aliphatic heterocycles. The van der Waals surface area contributed by atoms with Gasteiger partial charge in [0, 0.05) is 11.8 Å². The number of para-hydroxylation sites is 1. The second kappa shape index (κ2) is 7.50. The molecular formula is C17H12F3N7O2. The van der Waals surface area contributed by atoms with Gasteiger partial charge in [-0.3, -0.25) is 10.9 Å². The van der Waals surface area contributed by atoms with Crippen LogP contribution < -0.4 is 20.9 Å². The number of anilines is 4. The first-order valence-electron chi connectivity index (χ1n) is 8.16. The molecule has 0 spiro atoms. The van der Waals surface area contributed by atoms with E-state index in [0.29, 0.717) is 5.69 Å². The van der Waals surface area contributed by atoms with E-state index in [1.807, 2.05) is 30.3 Å². The smallest absolute Gasteiger partial charge is 0.406 e. The molecule has 0 aliphatic carbocycles. The number of rotatable bonds is 6. The Bertz CT molecular complexity index is 1120. The molecule has 0 unspecified atom stereocenters. The van der Waals surface area contributed by atoms with Crippen molar-refractivity contribution < 1.29 is 22.5 Å². The van der Waals surface area contributed by atoms with Crippen LogP contribution in [0.15, 0.2) is 59.2 Å². The van der Waals surface area contributed by atoms with Gasteiger partial charge in [-0.25, -0.2) is 9.61 Å². The molecule has 12 heteroatoms. The summed E-state index contributed by atoms with van der Waals surface area (Å²) in [7, 11) is 0. The average molecular weight is 403 g/mol. The van der Waals surface area contributed by atoms with Crippen LogP contribution in [0.5, 0.6) is 5.75 Å². The number of aromatic nitrogens is 4. The molecule has 0 bridgehead atoms. The second-order valence-electron chi connectivity index (χ2n) is 5.65. The van der Waals surface area contributed by atoms with Crippen LogP contribution in [0.2, 0.25) is 0 Å². The van der Waals surface area contributed by atoms with Gasteiger partial charge in [0.15, 0.2) is 11.6 Å². The highest BCUT2D eigenvalue weighted by Gasteiger charge is 2.31. The first kappa shape index (κ1) is 18.3. The Morgan fingerprint density at radius 3 is 2.21 bits per heavy atom. The number of hydrogen-bond donors (Lipinski definition) is 3. The molecule has 0 fully saturated rings. The Morgan fingerprint density at radius 2 is 1.48 bits per heavy atom. The molecule has 9 nitrogen and oxygen atoms in total. The number of fused-ring (bicyclic) bond motifs is 1. The van der Waals surface area contributed by atoms with Crippen LogP contribution in [-0.2, 0) is 0 Å². The normalized spacial score (nSPS) is 11.3. The lowest BCUT2D eigenvalue weighted by atomic mass is 10.3. The predicted molar refractivity (Wildman–Crippen MR) is 97.5 cm³/mol. The topological polar surface area (TPSA) is 110 Å². The van der Waals surface area contributed by atoms with Crippen molar-refractivity contribution in [3.05, 3.63) is 54.6 Å². The van der Waals surface area contributed by atoms with Gasteiger partial charge in [0.25, 0.3) is 0 Å². The number of alkyl halides is 3. The van der Waals surface area contributed by atoms with Gasteiger partial charge in [0.05, 0.1) is 5.69 Å². The third-order valence-corrected chi connectivity index (χ3v) is 3.54. The van der Waals surface area contributed by atoms with Crippen molar-refractivity contribution >= 4 is 34.3 Å². The highest BCUT2D eigenvalue weighted by molar-refractivity contribution is 5.77. The van der Waals surface area contributed by atoms with Crippen LogP contribution >= 0.6 is 0 Å². The van der Waals surface area contributed by atoms with E-state index in [9.17, 15) is 13.2 Å². The van der Waals surface area contributed by atoms with Crippen molar-refractivity contribution in [2.75, 3.05) is 16.2 Å². The minimum Gasteiger partial charge on any atom is -0.406 e. The van der Waals surface area contributed by atoms with Gasteiger partial charge in [0.1, 0.15) is 5.75 Å². The SMILES string of the molecule is FC(F)(F)Oc1cccc(Nc2nc3nonc3nc2NNc2ccccc2)c1. The van der Waals surface area contributed by atoms with Crippen molar-refractivity contribution in [2.45, 2.75) is 6.36 Å². The molecule has 0 radical (unpaired) electrons. The first-order chi connectivity index (χ1) is 14.0. The van der Waals surface area contributed by atoms with Gasteiger partial charge < -0.3 is 10.1 Å². The van der Waals surface area contributed by atoms with Crippen LogP contribution in [0.25, 0.3) is 11.3 Å². The lowest BCUT2D eigenvalue weighted by molar-refractivity contribution is -0.274. The number of ether oxygens (including phenoxy) is 1. The summed E-state index contributed by atoms with van der Waals surface area (Å²) in [5, 5.41) is 10.1. The molecule has 2 aromatic carbocycles. The van der Waals surface area contributed by atoms with Crippen LogP contribution in [0.1, 0.15) is 0 Å². The summed E-state index contributed by atoms with van der Waals surface area (Å²) in [5.41, 5.74) is 7.14. The van der Waals surface area contributed by atoms with Gasteiger partial charge in [0.2, 0.25) is 11.3 Å². The molecule has 4 aromatic rings. The fourth-order valence-electron chi connectivity index (χ4n) is 2.37. The summed E-state index contributed by atoms with van der Waals surface area (Å²) in [5.74, 6) is 0.0246. The number of halogens is 3. The minimum absolute atomic E-state index is 0.125. The van der Waals surface area contributed by atoms with E-state index in [0.717, 1.165) is 5.69 Å². The molecule has 0 saturated heterocycles. The summed E-state index contributed by atoms with van der Waals surface area (Å²) in [6.45, 7) is 0. The largest absolute Gasteiger partial charge is 0.573 e. The number of hydrogen-bond acceptors (Lipinski definition) is 9. The maximum atomic E-state index is 12.5. The van der Waals surface area contributed by atoms with Gasteiger partial charge in [-0.15, -0.1) is 13.2 Å². The lowest BCUT2D eigenvalue weighted by Crippen LogP contribution is -2.17. The Labute approximate surface area is 160 Å². The molecule has 0 amide bonds. The standard InChI is InChI=1S/C17H12F3N7O2/c18-17(19,20)28-12-8-4-7-11(9-12)21-13-14(23-16-15(22-13)26-29-27-16)25-24-10-5-2-1-3-6-10/h1-9,24H,(H,21,22,26)(H,23,25,27). The maximum Gasteiger partial charge on any atom is 0.573 e. The maximum absolute atomic E-state index is 12.5. The average Bonchev–Trinajstić information content (AvgIpc) is 3.13. The summed E-state index contributed by atoms with van der Waals surface area (Å²) in [4.78, 5) is 8.49. The monoisotopic (exact) mass is 403 g/mol. The highest BCUT2D eigenvalue weighted by atomic mass is 19.4. The number of hydrazine groups is 1. The molecule has 3 N–H and O–H groups in total. The number of benzene rings is 2. The molecule has 0 aliphatic rings. The van der Waals surface area contributed by atoms with Crippen LogP contribution in [0, 0.1) is 0 Å². The zero-order valence-electron chi connectivity index (χ0n) is 14.4. The fourth-order valence-corrected chi connectivity index (χ4v) is 2.37. The highest BCUT2D eigenvalue weighted by Crippen LogP contribution is 2.28. The van der Waals surface area contributed by atoms with Gasteiger partial charge in [-0.1, -0.05) is 24.3 Å². The molecule has 2 heterocycles. The van der Waals surface area contributed by atoms with Gasteiger partial charge in [-0.2, -0.15) is 4.98 Å². The summed E-state index contributed by atoms with van der Waals surface area (Å²) in [6.07, 6.45) is -4.80. The third kappa shape index (κ3) is 4.61. The van der Waals surface area contributed by atoms with E-state index >= 15 is 0 Å². The molecule has 29 heavy (non-hydrogen) atoms. The number of nitrogens with one attached hydrogen (secondary N) is 3. The molecule has 0 atom stereocenters. The van der Waals surface area contributed by atoms with Crippen LogP contribution in [0.3, 0.4) is 0 Å². The predicted octanol–water partition coefficient (Wildman–Crippen LogP) is 4.09. The second-order valence-corrected chi connectivity index (χ2v) is 5.65. The van der Waals surface area contributed by atoms with E-state index < -0.39 is 6.36 Å². The summed E-state index contributed by atoms with van der Waals surface area (Å²) < 4.78 is 45.9. The van der Waals surface area contributed by atoms with Crippen molar-refractivity contribution in [1.82, 2.24) is 20.3 Å². The third-order valence-electron chi connectivity index (χ3n) is 3.54. The van der Waals surface area contributed by atoms with E-state index in [1.165, 1.54) is 18.2 Å². The van der Waals surface area contributed by atoms with E-state index in [4.69, 9.17) is 0 Å². The van der Waals surface area contributed by atoms with E-state index in [-0.39, 0.29) is 28.7 Å². The van der Waals surface area contributed by atoms with Gasteiger partial charge in [-0.05, 0) is 34.6 Å². The Morgan fingerprint density at radius 1 is 0.793 bits per heavy atom. The fraction of sp³-hybridized carbons (Fsp3) is 0.0588. The van der Waals surface area contributed by atoms with Crippen molar-refractivity contribution in [3.63, 3.8) is 0 Å². The summed E-state index contributed by atoms with van der Waals surface area (Å²) in [6, 6.07) is 14.5. The first-order valence-corrected chi connectivity index (χ1v) is 8.16. The van der Waals surface area contributed by atoms with E-state index in [2.05, 4.69) is 45.8 Å².